The van der Waals surface area contributed by atoms with Crippen LogP contribution in [0, 0.1) is 27.3 Å². The summed E-state index contributed by atoms with van der Waals surface area (Å²) < 4.78 is 13.9. The lowest BCUT2D eigenvalue weighted by Crippen LogP contribution is -2.46. The Morgan fingerprint density at radius 2 is 2.00 bits per heavy atom. The van der Waals surface area contributed by atoms with Gasteiger partial charge in [-0.15, -0.1) is 0 Å². The molecule has 0 bridgehead atoms. The van der Waals surface area contributed by atoms with E-state index in [4.69, 9.17) is 16.9 Å². The van der Waals surface area contributed by atoms with Crippen LogP contribution < -0.4 is 4.90 Å². The summed E-state index contributed by atoms with van der Waals surface area (Å²) in [6.45, 7) is 2.95. The van der Waals surface area contributed by atoms with Crippen molar-refractivity contribution in [1.82, 2.24) is 9.88 Å². The third-order valence-electron chi connectivity index (χ3n) is 4.30. The fourth-order valence-electron chi connectivity index (χ4n) is 2.89. The van der Waals surface area contributed by atoms with Crippen molar-refractivity contribution in [1.29, 1.82) is 5.26 Å². The molecule has 0 atom stereocenters. The predicted molar refractivity (Wildman–Crippen MR) is 94.5 cm³/mol. The van der Waals surface area contributed by atoms with Gasteiger partial charge in [0.05, 0.1) is 4.92 Å². The Balaban J connectivity index is 1.67. The first-order valence-electron chi connectivity index (χ1n) is 7.95. The first kappa shape index (κ1) is 18.0. The van der Waals surface area contributed by atoms with Gasteiger partial charge in [0.15, 0.2) is 0 Å². The fourth-order valence-corrected chi connectivity index (χ4v) is 3.11. The summed E-state index contributed by atoms with van der Waals surface area (Å²) in [5.41, 5.74) is -0.0278. The number of piperazine rings is 1. The molecule has 0 aliphatic carbocycles. The first-order valence-corrected chi connectivity index (χ1v) is 8.33. The van der Waals surface area contributed by atoms with Crippen LogP contribution in [0.25, 0.3) is 0 Å². The lowest BCUT2D eigenvalue weighted by molar-refractivity contribution is -0.385. The fraction of sp³-hybridized carbons (Fsp3) is 0.294. The number of benzene rings is 1. The molecule has 26 heavy (non-hydrogen) atoms. The van der Waals surface area contributed by atoms with Crippen LogP contribution in [-0.2, 0) is 6.54 Å². The normalized spacial score (nSPS) is 14.9. The van der Waals surface area contributed by atoms with Crippen molar-refractivity contribution >= 4 is 23.1 Å². The van der Waals surface area contributed by atoms with Crippen LogP contribution in [0.2, 0.25) is 5.02 Å². The zero-order valence-electron chi connectivity index (χ0n) is 13.7. The average molecular weight is 376 g/mol. The zero-order valence-corrected chi connectivity index (χ0v) is 14.5. The number of nitriles is 1. The first-order chi connectivity index (χ1) is 12.5. The van der Waals surface area contributed by atoms with Crippen molar-refractivity contribution in [2.24, 2.45) is 0 Å². The minimum Gasteiger partial charge on any atom is -0.354 e. The number of nitrogens with zero attached hydrogens (tertiary/aromatic N) is 5. The molecule has 1 saturated heterocycles. The van der Waals surface area contributed by atoms with Gasteiger partial charge in [-0.25, -0.2) is 9.37 Å². The van der Waals surface area contributed by atoms with Gasteiger partial charge in [0.1, 0.15) is 17.7 Å². The minimum atomic E-state index is -0.620. The van der Waals surface area contributed by atoms with Gasteiger partial charge in [0, 0.05) is 49.4 Å². The van der Waals surface area contributed by atoms with E-state index in [0.717, 1.165) is 0 Å². The summed E-state index contributed by atoms with van der Waals surface area (Å²) in [5.74, 6) is 0.200. The average Bonchev–Trinajstić information content (AvgIpc) is 2.64. The number of nitro groups is 1. The Hall–Kier alpha value is -2.76. The molecule has 1 aromatic heterocycles. The van der Waals surface area contributed by atoms with E-state index in [1.54, 1.807) is 24.3 Å². The standard InChI is InChI=1S/C17H15ClFN5O2/c18-13-2-1-3-14(19)12(13)11-22-6-8-23(9-7-22)17-5-4-16(24(25)26)15(10-20)21-17/h1-5H,6-9,11H2. The van der Waals surface area contributed by atoms with E-state index in [0.29, 0.717) is 49.1 Å². The second-order valence-corrected chi connectivity index (χ2v) is 6.28. The molecule has 0 amide bonds. The number of anilines is 1. The second-order valence-electron chi connectivity index (χ2n) is 5.87. The minimum absolute atomic E-state index is 0.201. The van der Waals surface area contributed by atoms with Gasteiger partial charge < -0.3 is 4.90 Å². The molecule has 0 radical (unpaired) electrons. The van der Waals surface area contributed by atoms with E-state index in [1.807, 2.05) is 4.90 Å². The maximum atomic E-state index is 13.9. The van der Waals surface area contributed by atoms with Crippen LogP contribution in [0.4, 0.5) is 15.9 Å². The highest BCUT2D eigenvalue weighted by Crippen LogP contribution is 2.24. The predicted octanol–water partition coefficient (Wildman–Crippen LogP) is 2.98. The van der Waals surface area contributed by atoms with E-state index in [-0.39, 0.29) is 17.2 Å². The molecular weight excluding hydrogens is 361 g/mol. The quantitative estimate of drug-likeness (QED) is 0.603. The highest BCUT2D eigenvalue weighted by molar-refractivity contribution is 6.31. The van der Waals surface area contributed by atoms with Gasteiger partial charge >= 0.3 is 5.69 Å². The smallest absolute Gasteiger partial charge is 0.305 e. The van der Waals surface area contributed by atoms with Gasteiger partial charge in [-0.1, -0.05) is 17.7 Å². The van der Waals surface area contributed by atoms with E-state index < -0.39 is 4.92 Å². The molecule has 1 aliphatic rings. The van der Waals surface area contributed by atoms with Gasteiger partial charge in [0.25, 0.3) is 0 Å². The van der Waals surface area contributed by atoms with Crippen LogP contribution in [0.5, 0.6) is 0 Å². The van der Waals surface area contributed by atoms with Crippen molar-refractivity contribution in [3.05, 3.63) is 62.5 Å². The second kappa shape index (κ2) is 7.64. The molecule has 1 aromatic carbocycles. The van der Waals surface area contributed by atoms with Crippen LogP contribution in [-0.4, -0.2) is 41.0 Å². The highest BCUT2D eigenvalue weighted by atomic mass is 35.5. The topological polar surface area (TPSA) is 86.3 Å². The Labute approximate surface area is 154 Å². The molecule has 1 fully saturated rings. The molecule has 0 unspecified atom stereocenters. The number of rotatable bonds is 4. The third-order valence-corrected chi connectivity index (χ3v) is 4.66. The molecule has 2 heterocycles. The summed E-state index contributed by atoms with van der Waals surface area (Å²) in [4.78, 5) is 18.4. The molecule has 7 nitrogen and oxygen atoms in total. The highest BCUT2D eigenvalue weighted by Gasteiger charge is 2.22. The Kier molecular flexibility index (Phi) is 5.30. The summed E-state index contributed by atoms with van der Waals surface area (Å²) in [5, 5.41) is 20.4. The Morgan fingerprint density at radius 1 is 1.27 bits per heavy atom. The molecule has 9 heteroatoms. The Morgan fingerprint density at radius 3 is 2.62 bits per heavy atom. The summed E-state index contributed by atoms with van der Waals surface area (Å²) in [6.07, 6.45) is 0. The summed E-state index contributed by atoms with van der Waals surface area (Å²) in [6, 6.07) is 9.24. The maximum absolute atomic E-state index is 13.9. The lowest BCUT2D eigenvalue weighted by Gasteiger charge is -2.35. The molecule has 0 spiro atoms. The number of hydrogen-bond donors (Lipinski definition) is 0. The summed E-state index contributed by atoms with van der Waals surface area (Å²) in [7, 11) is 0. The van der Waals surface area contributed by atoms with Crippen molar-refractivity contribution < 1.29 is 9.31 Å². The van der Waals surface area contributed by atoms with Crippen LogP contribution in [0.1, 0.15) is 11.3 Å². The number of pyridine rings is 1. The number of halogens is 2. The van der Waals surface area contributed by atoms with E-state index >= 15 is 0 Å². The molecule has 3 rings (SSSR count). The molecule has 2 aromatic rings. The third kappa shape index (κ3) is 3.74. The lowest BCUT2D eigenvalue weighted by atomic mass is 10.2. The number of aromatic nitrogens is 1. The molecule has 1 aliphatic heterocycles. The largest absolute Gasteiger partial charge is 0.354 e. The van der Waals surface area contributed by atoms with Crippen molar-refractivity contribution in [2.45, 2.75) is 6.54 Å². The van der Waals surface area contributed by atoms with Crippen LogP contribution in [0.3, 0.4) is 0 Å². The molecule has 0 saturated carbocycles. The van der Waals surface area contributed by atoms with Crippen molar-refractivity contribution in [3.8, 4) is 6.07 Å². The number of hydrogen-bond acceptors (Lipinski definition) is 6. The monoisotopic (exact) mass is 375 g/mol. The SMILES string of the molecule is N#Cc1nc(N2CCN(Cc3c(F)cccc3Cl)CC2)ccc1[N+](=O)[O-]. The summed E-state index contributed by atoms with van der Waals surface area (Å²) >= 11 is 6.07. The van der Waals surface area contributed by atoms with E-state index in [2.05, 4.69) is 9.88 Å². The van der Waals surface area contributed by atoms with Gasteiger partial charge in [-0.3, -0.25) is 15.0 Å². The van der Waals surface area contributed by atoms with Gasteiger partial charge in [-0.05, 0) is 18.2 Å². The molecular formula is C17H15ClFN5O2. The molecule has 0 N–H and O–H groups in total. The van der Waals surface area contributed by atoms with Crippen molar-refractivity contribution in [3.63, 3.8) is 0 Å². The maximum Gasteiger partial charge on any atom is 0.305 e. The van der Waals surface area contributed by atoms with E-state index in [1.165, 1.54) is 12.1 Å². The Bertz CT molecular complexity index is 858. The van der Waals surface area contributed by atoms with Crippen molar-refractivity contribution in [2.75, 3.05) is 31.1 Å². The zero-order chi connectivity index (χ0) is 18.7. The van der Waals surface area contributed by atoms with Crippen LogP contribution in [0.15, 0.2) is 30.3 Å². The van der Waals surface area contributed by atoms with Gasteiger partial charge in [-0.2, -0.15) is 5.26 Å². The van der Waals surface area contributed by atoms with Crippen LogP contribution >= 0.6 is 11.6 Å². The van der Waals surface area contributed by atoms with E-state index in [9.17, 15) is 14.5 Å². The van der Waals surface area contributed by atoms with Gasteiger partial charge in [0.2, 0.25) is 5.69 Å². The molecule has 134 valence electrons.